The Morgan fingerprint density at radius 1 is 1.21 bits per heavy atom. The van der Waals surface area contributed by atoms with Crippen LogP contribution in [0.2, 0.25) is 0 Å². The fourth-order valence-electron chi connectivity index (χ4n) is 2.18. The van der Waals surface area contributed by atoms with Crippen LogP contribution in [-0.2, 0) is 4.74 Å². The first-order valence-electron chi connectivity index (χ1n) is 7.23. The summed E-state index contributed by atoms with van der Waals surface area (Å²) in [5.41, 5.74) is 1.33. The lowest BCUT2D eigenvalue weighted by Gasteiger charge is -2.20. The van der Waals surface area contributed by atoms with Gasteiger partial charge in [0.15, 0.2) is 0 Å². The summed E-state index contributed by atoms with van der Waals surface area (Å²) in [5, 5.41) is 13.2. The minimum Gasteiger partial charge on any atom is -0.391 e. The third kappa shape index (κ3) is 6.71. The lowest BCUT2D eigenvalue weighted by Crippen LogP contribution is -2.27. The highest BCUT2D eigenvalue weighted by Gasteiger charge is 2.11. The molecule has 0 spiro atoms. The van der Waals surface area contributed by atoms with Crippen LogP contribution in [0.15, 0.2) is 30.3 Å². The smallest absolute Gasteiger partial charge is 0.0785 e. The van der Waals surface area contributed by atoms with E-state index in [2.05, 4.69) is 36.5 Å². The number of ether oxygens (including phenoxy) is 1. The van der Waals surface area contributed by atoms with Crippen molar-refractivity contribution in [3.63, 3.8) is 0 Å². The predicted octanol–water partition coefficient (Wildman–Crippen LogP) is 2.90. The van der Waals surface area contributed by atoms with Crippen molar-refractivity contribution >= 4 is 0 Å². The second kappa shape index (κ2) is 9.96. The molecule has 2 N–H and O–H groups in total. The second-order valence-electron chi connectivity index (χ2n) is 4.96. The monoisotopic (exact) mass is 265 g/mol. The molecule has 0 amide bonds. The van der Waals surface area contributed by atoms with Crippen LogP contribution in [0.25, 0.3) is 0 Å². The molecule has 19 heavy (non-hydrogen) atoms. The van der Waals surface area contributed by atoms with Gasteiger partial charge < -0.3 is 15.2 Å². The summed E-state index contributed by atoms with van der Waals surface area (Å²) in [6, 6.07) is 10.9. The average molecular weight is 265 g/mol. The van der Waals surface area contributed by atoms with Crippen molar-refractivity contribution in [2.75, 3.05) is 20.3 Å². The molecule has 1 aromatic carbocycles. The van der Waals surface area contributed by atoms with E-state index in [-0.39, 0.29) is 6.10 Å². The number of methoxy groups -OCH3 is 1. The number of aliphatic hydroxyl groups excluding tert-OH is 1. The molecule has 3 heteroatoms. The number of aliphatic hydroxyl groups is 1. The molecule has 2 atom stereocenters. The van der Waals surface area contributed by atoms with Crippen LogP contribution < -0.4 is 5.32 Å². The first-order valence-corrected chi connectivity index (χ1v) is 7.23. The van der Waals surface area contributed by atoms with E-state index in [9.17, 15) is 5.11 Å². The van der Waals surface area contributed by atoms with Gasteiger partial charge in [0, 0.05) is 13.2 Å². The molecule has 0 aliphatic heterocycles. The van der Waals surface area contributed by atoms with E-state index in [0.29, 0.717) is 12.6 Å². The Kier molecular flexibility index (Phi) is 8.47. The molecule has 0 saturated carbocycles. The average Bonchev–Trinajstić information content (AvgIpc) is 2.44. The van der Waals surface area contributed by atoms with Gasteiger partial charge in [-0.3, -0.25) is 0 Å². The van der Waals surface area contributed by atoms with Gasteiger partial charge in [-0.1, -0.05) is 50.1 Å². The molecule has 0 aromatic heterocycles. The standard InChI is InChI=1S/C16H27NO2/c1-3-4-10-16(14-8-6-5-7-9-14)17-12-11-15(18)13-19-2/h5-9,15-18H,3-4,10-13H2,1-2H3. The van der Waals surface area contributed by atoms with Crippen LogP contribution in [-0.4, -0.2) is 31.5 Å². The lowest BCUT2D eigenvalue weighted by atomic mass is 10.0. The highest BCUT2D eigenvalue weighted by molar-refractivity contribution is 5.18. The molecule has 0 radical (unpaired) electrons. The van der Waals surface area contributed by atoms with Gasteiger partial charge in [-0.2, -0.15) is 0 Å². The normalized spacial score (nSPS) is 14.3. The summed E-state index contributed by atoms with van der Waals surface area (Å²) in [6.45, 7) is 3.44. The van der Waals surface area contributed by atoms with E-state index in [4.69, 9.17) is 4.74 Å². The van der Waals surface area contributed by atoms with Gasteiger partial charge in [0.05, 0.1) is 12.7 Å². The minimum absolute atomic E-state index is 0.375. The molecule has 0 bridgehead atoms. The zero-order valence-corrected chi connectivity index (χ0v) is 12.1. The number of unbranched alkanes of at least 4 members (excludes halogenated alkanes) is 1. The molecular weight excluding hydrogens is 238 g/mol. The number of benzene rings is 1. The summed E-state index contributed by atoms with van der Waals surface area (Å²) >= 11 is 0. The van der Waals surface area contributed by atoms with Gasteiger partial charge in [-0.05, 0) is 24.9 Å². The Hall–Kier alpha value is -0.900. The van der Waals surface area contributed by atoms with Crippen LogP contribution in [0, 0.1) is 0 Å². The Morgan fingerprint density at radius 3 is 2.58 bits per heavy atom. The van der Waals surface area contributed by atoms with Crippen molar-refractivity contribution < 1.29 is 9.84 Å². The van der Waals surface area contributed by atoms with Gasteiger partial charge in [0.1, 0.15) is 0 Å². The number of hydrogen-bond acceptors (Lipinski definition) is 3. The summed E-state index contributed by atoms with van der Waals surface area (Å²) in [6.07, 6.45) is 3.91. The fraction of sp³-hybridized carbons (Fsp3) is 0.625. The van der Waals surface area contributed by atoms with Gasteiger partial charge in [-0.15, -0.1) is 0 Å². The second-order valence-corrected chi connectivity index (χ2v) is 4.96. The zero-order chi connectivity index (χ0) is 13.9. The topological polar surface area (TPSA) is 41.5 Å². The van der Waals surface area contributed by atoms with Crippen molar-refractivity contribution in [2.45, 2.75) is 44.8 Å². The van der Waals surface area contributed by atoms with Crippen molar-refractivity contribution in [3.05, 3.63) is 35.9 Å². The van der Waals surface area contributed by atoms with Crippen LogP contribution in [0.5, 0.6) is 0 Å². The first-order chi connectivity index (χ1) is 9.27. The van der Waals surface area contributed by atoms with Gasteiger partial charge in [0.25, 0.3) is 0 Å². The lowest BCUT2D eigenvalue weighted by molar-refractivity contribution is 0.0589. The fourth-order valence-corrected chi connectivity index (χ4v) is 2.18. The quantitative estimate of drug-likeness (QED) is 0.683. The van der Waals surface area contributed by atoms with Crippen LogP contribution in [0.3, 0.4) is 0 Å². The molecule has 0 aliphatic rings. The molecule has 0 aliphatic carbocycles. The minimum atomic E-state index is -0.375. The van der Waals surface area contributed by atoms with Crippen molar-refractivity contribution in [3.8, 4) is 0 Å². The maximum absolute atomic E-state index is 9.64. The highest BCUT2D eigenvalue weighted by Crippen LogP contribution is 2.19. The molecule has 0 saturated heterocycles. The SMILES string of the molecule is CCCCC(NCCC(O)COC)c1ccccc1. The molecule has 2 unspecified atom stereocenters. The molecule has 108 valence electrons. The van der Waals surface area contributed by atoms with E-state index in [1.807, 2.05) is 6.07 Å². The van der Waals surface area contributed by atoms with E-state index < -0.39 is 0 Å². The van der Waals surface area contributed by atoms with Crippen molar-refractivity contribution in [2.24, 2.45) is 0 Å². The summed E-state index contributed by atoms with van der Waals surface area (Å²) in [7, 11) is 1.62. The summed E-state index contributed by atoms with van der Waals surface area (Å²) in [4.78, 5) is 0. The van der Waals surface area contributed by atoms with Gasteiger partial charge >= 0.3 is 0 Å². The van der Waals surface area contributed by atoms with Gasteiger partial charge in [-0.25, -0.2) is 0 Å². The molecule has 3 nitrogen and oxygen atoms in total. The van der Waals surface area contributed by atoms with E-state index in [1.54, 1.807) is 7.11 Å². The summed E-state index contributed by atoms with van der Waals surface area (Å²) < 4.78 is 4.93. The molecule has 0 fully saturated rings. The Labute approximate surface area is 117 Å². The summed E-state index contributed by atoms with van der Waals surface area (Å²) in [5.74, 6) is 0. The Bertz CT molecular complexity index is 316. The predicted molar refractivity (Wildman–Crippen MR) is 79.2 cm³/mol. The Morgan fingerprint density at radius 2 is 1.95 bits per heavy atom. The maximum atomic E-state index is 9.64. The van der Waals surface area contributed by atoms with Crippen LogP contribution in [0.4, 0.5) is 0 Å². The molecular formula is C16H27NO2. The van der Waals surface area contributed by atoms with E-state index in [0.717, 1.165) is 19.4 Å². The van der Waals surface area contributed by atoms with Crippen LogP contribution in [0.1, 0.15) is 44.2 Å². The van der Waals surface area contributed by atoms with Crippen molar-refractivity contribution in [1.82, 2.24) is 5.32 Å². The third-order valence-corrected chi connectivity index (χ3v) is 3.28. The molecule has 0 heterocycles. The van der Waals surface area contributed by atoms with Crippen molar-refractivity contribution in [1.29, 1.82) is 0 Å². The van der Waals surface area contributed by atoms with E-state index >= 15 is 0 Å². The molecule has 1 aromatic rings. The third-order valence-electron chi connectivity index (χ3n) is 3.28. The zero-order valence-electron chi connectivity index (χ0n) is 12.1. The number of nitrogens with one attached hydrogen (secondary N) is 1. The number of hydrogen-bond donors (Lipinski definition) is 2. The number of rotatable bonds is 10. The Balaban J connectivity index is 2.42. The highest BCUT2D eigenvalue weighted by atomic mass is 16.5. The van der Waals surface area contributed by atoms with Crippen LogP contribution >= 0.6 is 0 Å². The first kappa shape index (κ1) is 16.2. The largest absolute Gasteiger partial charge is 0.391 e. The molecule has 1 rings (SSSR count). The maximum Gasteiger partial charge on any atom is 0.0785 e. The van der Waals surface area contributed by atoms with E-state index in [1.165, 1.54) is 18.4 Å². The van der Waals surface area contributed by atoms with Gasteiger partial charge in [0.2, 0.25) is 0 Å².